The Bertz CT molecular complexity index is 528. The molecule has 0 spiro atoms. The number of amides is 2. The summed E-state index contributed by atoms with van der Waals surface area (Å²) in [5.74, 6) is -0.0187. The molecule has 0 saturated carbocycles. The van der Waals surface area contributed by atoms with Crippen molar-refractivity contribution in [1.82, 2.24) is 0 Å². The summed E-state index contributed by atoms with van der Waals surface area (Å²) in [7, 11) is 0. The zero-order valence-electron chi connectivity index (χ0n) is 12.0. The molecular weight excluding hydrogens is 254 g/mol. The largest absolute Gasteiger partial charge is 0.325 e. The molecule has 1 saturated heterocycles. The van der Waals surface area contributed by atoms with Crippen molar-refractivity contribution >= 4 is 23.2 Å². The van der Waals surface area contributed by atoms with Crippen LogP contribution in [0.25, 0.3) is 0 Å². The van der Waals surface area contributed by atoms with Gasteiger partial charge in [0.2, 0.25) is 11.8 Å². The third kappa shape index (κ3) is 2.99. The lowest BCUT2D eigenvalue weighted by molar-refractivity contribution is -0.118. The number of rotatable bonds is 4. The molecule has 20 heavy (non-hydrogen) atoms. The fourth-order valence-electron chi connectivity index (χ4n) is 2.36. The van der Waals surface area contributed by atoms with E-state index < -0.39 is 6.04 Å². The maximum Gasteiger partial charge on any atom is 0.241 e. The van der Waals surface area contributed by atoms with Crippen LogP contribution in [-0.2, 0) is 9.59 Å². The second kappa shape index (κ2) is 6.05. The Morgan fingerprint density at radius 1 is 1.50 bits per heavy atom. The maximum absolute atomic E-state index is 11.8. The minimum atomic E-state index is -0.491. The SMILES string of the molecule is CCC(N)C(=O)Nc1ccc(N2CCCC2=O)c(C)c1. The summed E-state index contributed by atoms with van der Waals surface area (Å²) >= 11 is 0. The van der Waals surface area contributed by atoms with Crippen molar-refractivity contribution in [2.75, 3.05) is 16.8 Å². The van der Waals surface area contributed by atoms with Gasteiger partial charge in [0.1, 0.15) is 0 Å². The van der Waals surface area contributed by atoms with Crippen LogP contribution in [0.5, 0.6) is 0 Å². The van der Waals surface area contributed by atoms with Crippen LogP contribution in [-0.4, -0.2) is 24.4 Å². The number of hydrogen-bond acceptors (Lipinski definition) is 3. The average Bonchev–Trinajstić information content (AvgIpc) is 2.84. The molecule has 1 unspecified atom stereocenters. The Kier molecular flexibility index (Phi) is 4.39. The number of hydrogen-bond donors (Lipinski definition) is 2. The van der Waals surface area contributed by atoms with E-state index in [1.807, 2.05) is 32.0 Å². The van der Waals surface area contributed by atoms with E-state index in [2.05, 4.69) is 5.32 Å². The molecule has 1 aromatic carbocycles. The molecule has 108 valence electrons. The highest BCUT2D eigenvalue weighted by Crippen LogP contribution is 2.27. The predicted octanol–water partition coefficient (Wildman–Crippen LogP) is 1.80. The highest BCUT2D eigenvalue weighted by Gasteiger charge is 2.23. The van der Waals surface area contributed by atoms with Crippen molar-refractivity contribution < 1.29 is 9.59 Å². The highest BCUT2D eigenvalue weighted by atomic mass is 16.2. The van der Waals surface area contributed by atoms with Crippen molar-refractivity contribution in [2.45, 2.75) is 39.2 Å². The fourth-order valence-corrected chi connectivity index (χ4v) is 2.36. The van der Waals surface area contributed by atoms with Gasteiger partial charge in [-0.25, -0.2) is 0 Å². The molecule has 2 amide bonds. The van der Waals surface area contributed by atoms with Crippen LogP contribution < -0.4 is 16.0 Å². The standard InChI is InChI=1S/C15H21N3O2/c1-3-12(16)15(20)17-11-6-7-13(10(2)9-11)18-8-4-5-14(18)19/h6-7,9,12H,3-5,8,16H2,1-2H3,(H,17,20). The molecule has 0 aromatic heterocycles. The highest BCUT2D eigenvalue weighted by molar-refractivity contribution is 5.97. The number of anilines is 2. The van der Waals surface area contributed by atoms with Crippen molar-refractivity contribution in [1.29, 1.82) is 0 Å². The zero-order chi connectivity index (χ0) is 14.7. The molecule has 0 bridgehead atoms. The summed E-state index contributed by atoms with van der Waals surface area (Å²) in [6.07, 6.45) is 2.12. The Morgan fingerprint density at radius 2 is 2.25 bits per heavy atom. The van der Waals surface area contributed by atoms with E-state index >= 15 is 0 Å². The lowest BCUT2D eigenvalue weighted by Crippen LogP contribution is -2.34. The number of carbonyl (C=O) groups excluding carboxylic acids is 2. The fraction of sp³-hybridized carbons (Fsp3) is 0.467. The molecule has 3 N–H and O–H groups in total. The van der Waals surface area contributed by atoms with E-state index in [0.29, 0.717) is 18.5 Å². The summed E-state index contributed by atoms with van der Waals surface area (Å²) in [6, 6.07) is 5.08. The van der Waals surface area contributed by atoms with E-state index in [-0.39, 0.29) is 11.8 Å². The molecule has 5 heteroatoms. The molecule has 0 radical (unpaired) electrons. The van der Waals surface area contributed by atoms with Gasteiger partial charge in [0.15, 0.2) is 0 Å². The molecule has 5 nitrogen and oxygen atoms in total. The maximum atomic E-state index is 11.8. The van der Waals surface area contributed by atoms with Gasteiger partial charge in [0.05, 0.1) is 6.04 Å². The van der Waals surface area contributed by atoms with Gasteiger partial charge < -0.3 is 16.0 Å². The molecule has 1 atom stereocenters. The van der Waals surface area contributed by atoms with Gasteiger partial charge in [-0.1, -0.05) is 6.92 Å². The van der Waals surface area contributed by atoms with Crippen LogP contribution in [0.3, 0.4) is 0 Å². The van der Waals surface area contributed by atoms with Gasteiger partial charge in [-0.2, -0.15) is 0 Å². The van der Waals surface area contributed by atoms with Crippen molar-refractivity contribution in [3.05, 3.63) is 23.8 Å². The predicted molar refractivity (Wildman–Crippen MR) is 79.7 cm³/mol. The van der Waals surface area contributed by atoms with Crippen LogP contribution in [0.2, 0.25) is 0 Å². The quantitative estimate of drug-likeness (QED) is 0.879. The van der Waals surface area contributed by atoms with Gasteiger partial charge >= 0.3 is 0 Å². The van der Waals surface area contributed by atoms with E-state index in [4.69, 9.17) is 5.73 Å². The second-order valence-electron chi connectivity index (χ2n) is 5.15. The number of nitrogens with one attached hydrogen (secondary N) is 1. The average molecular weight is 275 g/mol. The monoisotopic (exact) mass is 275 g/mol. The normalized spacial score (nSPS) is 16.4. The third-order valence-corrected chi connectivity index (χ3v) is 3.61. The first kappa shape index (κ1) is 14.5. The smallest absolute Gasteiger partial charge is 0.241 e. The van der Waals surface area contributed by atoms with Crippen molar-refractivity contribution in [2.24, 2.45) is 5.73 Å². The van der Waals surface area contributed by atoms with Crippen LogP contribution in [0, 0.1) is 6.92 Å². The van der Waals surface area contributed by atoms with Crippen molar-refractivity contribution in [3.8, 4) is 0 Å². The summed E-state index contributed by atoms with van der Waals surface area (Å²) in [5.41, 5.74) is 8.30. The zero-order valence-corrected chi connectivity index (χ0v) is 12.0. The summed E-state index contributed by atoms with van der Waals surface area (Å²) in [4.78, 5) is 25.3. The van der Waals surface area contributed by atoms with Gasteiger partial charge in [-0.15, -0.1) is 0 Å². The van der Waals surface area contributed by atoms with Gasteiger partial charge in [-0.3, -0.25) is 9.59 Å². The van der Waals surface area contributed by atoms with Crippen LogP contribution >= 0.6 is 0 Å². The number of benzene rings is 1. The molecule has 1 fully saturated rings. The second-order valence-corrected chi connectivity index (χ2v) is 5.15. The first-order valence-electron chi connectivity index (χ1n) is 7.00. The number of nitrogens with two attached hydrogens (primary N) is 1. The van der Waals surface area contributed by atoms with Gasteiger partial charge in [0, 0.05) is 24.3 Å². The topological polar surface area (TPSA) is 75.4 Å². The molecule has 0 aliphatic carbocycles. The summed E-state index contributed by atoms with van der Waals surface area (Å²) in [5, 5.41) is 2.80. The van der Waals surface area contributed by atoms with Crippen LogP contribution in [0.15, 0.2) is 18.2 Å². The van der Waals surface area contributed by atoms with E-state index in [9.17, 15) is 9.59 Å². The van der Waals surface area contributed by atoms with E-state index in [0.717, 1.165) is 24.2 Å². The number of aryl methyl sites for hydroxylation is 1. The number of carbonyl (C=O) groups is 2. The molecule has 1 aromatic rings. The molecule has 1 heterocycles. The Labute approximate surface area is 119 Å². The van der Waals surface area contributed by atoms with Crippen LogP contribution in [0.4, 0.5) is 11.4 Å². The Balaban J connectivity index is 2.13. The van der Waals surface area contributed by atoms with Gasteiger partial charge in [-0.05, 0) is 43.5 Å². The minimum absolute atomic E-state index is 0.165. The number of nitrogens with zero attached hydrogens (tertiary/aromatic N) is 1. The summed E-state index contributed by atoms with van der Waals surface area (Å²) < 4.78 is 0. The first-order chi connectivity index (χ1) is 9.52. The molecular formula is C15H21N3O2. The molecule has 1 aliphatic heterocycles. The minimum Gasteiger partial charge on any atom is -0.325 e. The van der Waals surface area contributed by atoms with Gasteiger partial charge in [0.25, 0.3) is 0 Å². The third-order valence-electron chi connectivity index (χ3n) is 3.61. The van der Waals surface area contributed by atoms with E-state index in [1.165, 1.54) is 0 Å². The van der Waals surface area contributed by atoms with E-state index in [1.54, 1.807) is 4.90 Å². The lowest BCUT2D eigenvalue weighted by atomic mass is 10.1. The Morgan fingerprint density at radius 3 is 2.80 bits per heavy atom. The van der Waals surface area contributed by atoms with Crippen LogP contribution in [0.1, 0.15) is 31.7 Å². The first-order valence-corrected chi connectivity index (χ1v) is 7.00. The molecule has 2 rings (SSSR count). The Hall–Kier alpha value is -1.88. The molecule has 1 aliphatic rings. The van der Waals surface area contributed by atoms with Crippen molar-refractivity contribution in [3.63, 3.8) is 0 Å². The summed E-state index contributed by atoms with van der Waals surface area (Å²) in [6.45, 7) is 4.58. The lowest BCUT2D eigenvalue weighted by Gasteiger charge is -2.19.